The number of rotatable bonds is 2. The van der Waals surface area contributed by atoms with Crippen molar-refractivity contribution in [2.24, 2.45) is 0 Å². The Balaban J connectivity index is 1.77. The molecular formula is C13H16N2O4. The average Bonchev–Trinajstić information content (AvgIpc) is 2.88. The fraction of sp³-hybridized carbons (Fsp3) is 0.538. The second-order valence-electron chi connectivity index (χ2n) is 5.05. The molecule has 1 N–H and O–H groups in total. The van der Waals surface area contributed by atoms with Crippen LogP contribution in [0.1, 0.15) is 18.6 Å². The quantitative estimate of drug-likeness (QED) is 0.814. The zero-order chi connectivity index (χ0) is 13.4. The largest absolute Gasteiger partial charge is 0.467 e. The Labute approximate surface area is 110 Å². The molecule has 2 atom stereocenters. The summed E-state index contributed by atoms with van der Waals surface area (Å²) in [5, 5.41) is 9.67. The van der Waals surface area contributed by atoms with Crippen LogP contribution in [0, 0.1) is 0 Å². The summed E-state index contributed by atoms with van der Waals surface area (Å²) in [6.45, 7) is 0.856. The zero-order valence-corrected chi connectivity index (χ0v) is 10.5. The van der Waals surface area contributed by atoms with E-state index >= 15 is 0 Å². The molecule has 19 heavy (non-hydrogen) atoms. The van der Waals surface area contributed by atoms with Crippen LogP contribution in [0.3, 0.4) is 0 Å². The summed E-state index contributed by atoms with van der Waals surface area (Å²) in [4.78, 5) is 27.5. The highest BCUT2D eigenvalue weighted by Gasteiger charge is 2.42. The second-order valence-corrected chi connectivity index (χ2v) is 5.05. The van der Waals surface area contributed by atoms with Gasteiger partial charge in [0.05, 0.1) is 18.9 Å². The molecule has 102 valence electrons. The summed E-state index contributed by atoms with van der Waals surface area (Å²) >= 11 is 0. The minimum atomic E-state index is -0.514. The smallest absolute Gasteiger partial charge is 0.246 e. The SMILES string of the molecule is O=C1[C@H]2C[C@@H](O)CCN2C(=O)CN1Cc1ccco1. The fourth-order valence-corrected chi connectivity index (χ4v) is 2.75. The first-order valence-corrected chi connectivity index (χ1v) is 6.44. The van der Waals surface area contributed by atoms with Gasteiger partial charge in [0.15, 0.2) is 0 Å². The number of aliphatic hydroxyl groups is 1. The van der Waals surface area contributed by atoms with Crippen LogP contribution in [0.2, 0.25) is 0 Å². The molecule has 3 heterocycles. The molecule has 2 fully saturated rings. The van der Waals surface area contributed by atoms with Crippen molar-refractivity contribution in [3.63, 3.8) is 0 Å². The highest BCUT2D eigenvalue weighted by molar-refractivity contribution is 5.95. The van der Waals surface area contributed by atoms with Crippen LogP contribution in [0.4, 0.5) is 0 Å². The van der Waals surface area contributed by atoms with Crippen molar-refractivity contribution < 1.29 is 19.1 Å². The van der Waals surface area contributed by atoms with Gasteiger partial charge in [-0.1, -0.05) is 0 Å². The number of hydrogen-bond donors (Lipinski definition) is 1. The lowest BCUT2D eigenvalue weighted by molar-refractivity contribution is -0.161. The summed E-state index contributed by atoms with van der Waals surface area (Å²) in [7, 11) is 0. The highest BCUT2D eigenvalue weighted by atomic mass is 16.3. The van der Waals surface area contributed by atoms with E-state index in [0.717, 1.165) is 0 Å². The molecule has 0 saturated carbocycles. The number of furan rings is 1. The lowest BCUT2D eigenvalue weighted by Crippen LogP contribution is -2.62. The lowest BCUT2D eigenvalue weighted by atomic mass is 9.96. The summed E-state index contributed by atoms with van der Waals surface area (Å²) in [5.74, 6) is 0.503. The molecule has 1 aromatic heterocycles. The number of aliphatic hydroxyl groups excluding tert-OH is 1. The number of carbonyl (C=O) groups is 2. The summed E-state index contributed by atoms with van der Waals surface area (Å²) in [6.07, 6.45) is 1.93. The second kappa shape index (κ2) is 4.70. The number of piperazine rings is 1. The van der Waals surface area contributed by atoms with Crippen molar-refractivity contribution in [2.45, 2.75) is 31.5 Å². The molecule has 6 heteroatoms. The summed E-state index contributed by atoms with van der Waals surface area (Å²) in [6, 6.07) is 3.02. The van der Waals surface area contributed by atoms with Gasteiger partial charge < -0.3 is 19.3 Å². The molecule has 0 aromatic carbocycles. The third-order valence-electron chi connectivity index (χ3n) is 3.74. The topological polar surface area (TPSA) is 74.0 Å². The Bertz CT molecular complexity index is 485. The third kappa shape index (κ3) is 2.23. The van der Waals surface area contributed by atoms with Crippen molar-refractivity contribution in [3.8, 4) is 0 Å². The summed E-state index contributed by atoms with van der Waals surface area (Å²) in [5.41, 5.74) is 0. The van der Waals surface area contributed by atoms with Gasteiger partial charge in [0.25, 0.3) is 0 Å². The van der Waals surface area contributed by atoms with Crippen LogP contribution in [0.5, 0.6) is 0 Å². The van der Waals surface area contributed by atoms with E-state index in [2.05, 4.69) is 0 Å². The number of hydrogen-bond acceptors (Lipinski definition) is 4. The molecule has 2 aliphatic heterocycles. The Hall–Kier alpha value is -1.82. The van der Waals surface area contributed by atoms with E-state index in [1.165, 1.54) is 4.90 Å². The van der Waals surface area contributed by atoms with E-state index in [-0.39, 0.29) is 18.4 Å². The molecule has 6 nitrogen and oxygen atoms in total. The van der Waals surface area contributed by atoms with Gasteiger partial charge in [-0.2, -0.15) is 0 Å². The summed E-state index contributed by atoms with van der Waals surface area (Å²) < 4.78 is 5.21. The van der Waals surface area contributed by atoms with E-state index in [0.29, 0.717) is 31.7 Å². The first-order valence-electron chi connectivity index (χ1n) is 6.44. The molecule has 3 rings (SSSR count). The number of amides is 2. The van der Waals surface area contributed by atoms with E-state index in [4.69, 9.17) is 4.42 Å². The molecule has 2 saturated heterocycles. The van der Waals surface area contributed by atoms with Gasteiger partial charge in [0.1, 0.15) is 18.3 Å². The first kappa shape index (κ1) is 12.2. The maximum Gasteiger partial charge on any atom is 0.246 e. The minimum Gasteiger partial charge on any atom is -0.467 e. The van der Waals surface area contributed by atoms with Crippen molar-refractivity contribution >= 4 is 11.8 Å². The Morgan fingerprint density at radius 1 is 1.42 bits per heavy atom. The van der Waals surface area contributed by atoms with Crippen LogP contribution in [-0.4, -0.2) is 52.0 Å². The first-order chi connectivity index (χ1) is 9.15. The van der Waals surface area contributed by atoms with Crippen molar-refractivity contribution in [1.82, 2.24) is 9.80 Å². The number of nitrogens with zero attached hydrogens (tertiary/aromatic N) is 2. The molecular weight excluding hydrogens is 248 g/mol. The maximum atomic E-state index is 12.4. The zero-order valence-electron chi connectivity index (χ0n) is 10.5. The Kier molecular flexibility index (Phi) is 3.02. The normalized spacial score (nSPS) is 27.6. The predicted octanol–water partition coefficient (Wildman–Crippen LogP) is -0.0263. The Morgan fingerprint density at radius 2 is 2.26 bits per heavy atom. The van der Waals surface area contributed by atoms with Gasteiger partial charge in [-0.3, -0.25) is 9.59 Å². The average molecular weight is 264 g/mol. The monoisotopic (exact) mass is 264 g/mol. The molecule has 0 bridgehead atoms. The standard InChI is InChI=1S/C13H16N2O4/c16-9-3-4-15-11(6-9)13(18)14(8-12(15)17)7-10-2-1-5-19-10/h1-2,5,9,11,16H,3-4,6-8H2/t9-,11+/m0/s1. The van der Waals surface area contributed by atoms with Gasteiger partial charge in [-0.25, -0.2) is 0 Å². The number of fused-ring (bicyclic) bond motifs is 1. The van der Waals surface area contributed by atoms with Crippen molar-refractivity contribution in [3.05, 3.63) is 24.2 Å². The van der Waals surface area contributed by atoms with Gasteiger partial charge in [0, 0.05) is 13.0 Å². The van der Waals surface area contributed by atoms with Gasteiger partial charge >= 0.3 is 0 Å². The number of piperidine rings is 1. The van der Waals surface area contributed by atoms with Crippen LogP contribution in [0.15, 0.2) is 22.8 Å². The van der Waals surface area contributed by atoms with E-state index in [1.807, 2.05) is 0 Å². The van der Waals surface area contributed by atoms with Crippen LogP contribution in [0.25, 0.3) is 0 Å². The molecule has 0 spiro atoms. The van der Waals surface area contributed by atoms with E-state index in [1.54, 1.807) is 23.3 Å². The molecule has 0 radical (unpaired) electrons. The molecule has 1 aromatic rings. The van der Waals surface area contributed by atoms with Gasteiger partial charge in [-0.05, 0) is 18.6 Å². The van der Waals surface area contributed by atoms with Gasteiger partial charge in [-0.15, -0.1) is 0 Å². The van der Waals surface area contributed by atoms with E-state index < -0.39 is 12.1 Å². The minimum absolute atomic E-state index is 0.0527. The van der Waals surface area contributed by atoms with E-state index in [9.17, 15) is 14.7 Å². The third-order valence-corrected chi connectivity index (χ3v) is 3.74. The molecule has 0 aliphatic carbocycles. The lowest BCUT2D eigenvalue weighted by Gasteiger charge is -2.43. The molecule has 2 aliphatic rings. The Morgan fingerprint density at radius 3 is 3.00 bits per heavy atom. The molecule has 0 unspecified atom stereocenters. The number of carbonyl (C=O) groups excluding carboxylic acids is 2. The van der Waals surface area contributed by atoms with Crippen LogP contribution < -0.4 is 0 Å². The fourth-order valence-electron chi connectivity index (χ4n) is 2.75. The van der Waals surface area contributed by atoms with Crippen molar-refractivity contribution in [1.29, 1.82) is 0 Å². The highest BCUT2D eigenvalue weighted by Crippen LogP contribution is 2.24. The van der Waals surface area contributed by atoms with Crippen molar-refractivity contribution in [2.75, 3.05) is 13.1 Å². The predicted molar refractivity (Wildman–Crippen MR) is 64.9 cm³/mol. The molecule has 2 amide bonds. The van der Waals surface area contributed by atoms with Crippen LogP contribution in [-0.2, 0) is 16.1 Å². The van der Waals surface area contributed by atoms with Gasteiger partial charge in [0.2, 0.25) is 11.8 Å². The van der Waals surface area contributed by atoms with Crippen LogP contribution >= 0.6 is 0 Å². The maximum absolute atomic E-state index is 12.4.